The fourth-order valence-electron chi connectivity index (χ4n) is 1.89. The van der Waals surface area contributed by atoms with E-state index in [0.29, 0.717) is 22.8 Å². The van der Waals surface area contributed by atoms with Crippen molar-refractivity contribution in [2.24, 2.45) is 0 Å². The monoisotopic (exact) mass is 300 g/mol. The molecule has 0 fully saturated rings. The van der Waals surface area contributed by atoms with Crippen LogP contribution in [0.2, 0.25) is 0 Å². The summed E-state index contributed by atoms with van der Waals surface area (Å²) in [7, 11) is 0. The van der Waals surface area contributed by atoms with E-state index in [1.165, 1.54) is 0 Å². The molecule has 9 heteroatoms. The fraction of sp³-hybridized carbons (Fsp3) is 0.154. The highest BCUT2D eigenvalue weighted by atomic mass is 16.5. The number of carbonyl (C=O) groups excluding carboxylic acids is 1. The van der Waals surface area contributed by atoms with Crippen molar-refractivity contribution in [1.29, 1.82) is 0 Å². The van der Waals surface area contributed by atoms with Crippen molar-refractivity contribution in [3.8, 4) is 11.4 Å². The van der Waals surface area contributed by atoms with Crippen LogP contribution in [0.4, 0.5) is 0 Å². The third-order valence-corrected chi connectivity index (χ3v) is 2.89. The maximum atomic E-state index is 12.1. The van der Waals surface area contributed by atoms with Crippen LogP contribution in [-0.4, -0.2) is 31.2 Å². The lowest BCUT2D eigenvalue weighted by Gasteiger charge is -2.04. The summed E-state index contributed by atoms with van der Waals surface area (Å²) in [6, 6.07) is 6.66. The van der Waals surface area contributed by atoms with Crippen molar-refractivity contribution in [3.63, 3.8) is 0 Å². The summed E-state index contributed by atoms with van der Waals surface area (Å²) >= 11 is 0. The molecule has 0 aliphatic heterocycles. The summed E-state index contributed by atoms with van der Waals surface area (Å²) in [5, 5.41) is 12.9. The van der Waals surface area contributed by atoms with E-state index in [9.17, 15) is 9.59 Å². The molecule has 0 aliphatic carbocycles. The quantitative estimate of drug-likeness (QED) is 0.639. The molecule has 9 nitrogen and oxygen atoms in total. The third-order valence-electron chi connectivity index (χ3n) is 2.89. The molecule has 1 amide bonds. The molecule has 1 aromatic carbocycles. The van der Waals surface area contributed by atoms with Crippen LogP contribution < -0.4 is 11.1 Å². The lowest BCUT2D eigenvalue weighted by Crippen LogP contribution is -2.23. The second kappa shape index (κ2) is 5.64. The molecule has 2 aromatic heterocycles. The lowest BCUT2D eigenvalue weighted by molar-refractivity contribution is 0.0950. The molecule has 112 valence electrons. The van der Waals surface area contributed by atoms with Gasteiger partial charge in [-0.05, 0) is 19.1 Å². The Bertz CT molecular complexity index is 862. The number of rotatable bonds is 4. The Balaban J connectivity index is 1.74. The van der Waals surface area contributed by atoms with Gasteiger partial charge in [0.25, 0.3) is 5.91 Å². The topological polar surface area (TPSA) is 130 Å². The van der Waals surface area contributed by atoms with Crippen molar-refractivity contribution in [3.05, 3.63) is 52.0 Å². The molecular weight excluding hydrogens is 288 g/mol. The number of carbonyl (C=O) groups is 1. The van der Waals surface area contributed by atoms with Gasteiger partial charge in [0.2, 0.25) is 0 Å². The molecule has 0 spiro atoms. The van der Waals surface area contributed by atoms with E-state index >= 15 is 0 Å². The normalized spacial score (nSPS) is 10.6. The number of aryl methyl sites for hydroxylation is 1. The average Bonchev–Trinajstić information content (AvgIpc) is 3.13. The van der Waals surface area contributed by atoms with Gasteiger partial charge < -0.3 is 5.32 Å². The van der Waals surface area contributed by atoms with Crippen LogP contribution in [0.5, 0.6) is 0 Å². The van der Waals surface area contributed by atoms with Crippen molar-refractivity contribution in [1.82, 2.24) is 30.6 Å². The van der Waals surface area contributed by atoms with Crippen LogP contribution >= 0.6 is 0 Å². The minimum Gasteiger partial charge on any atom is -0.345 e. The van der Waals surface area contributed by atoms with E-state index in [-0.39, 0.29) is 18.3 Å². The standard InChI is InChI=1S/C13H12N6O3/c1-7-15-10(18-17-7)6-14-12(20)9-4-2-3-8(5-9)11-16-13(21)22-19-11/h2-5H,6H2,1H3,(H,14,20)(H,15,17,18)(H,16,19,21). The van der Waals surface area contributed by atoms with Gasteiger partial charge in [0.1, 0.15) is 5.82 Å². The fourth-order valence-corrected chi connectivity index (χ4v) is 1.89. The smallest absolute Gasteiger partial charge is 0.345 e. The predicted octanol–water partition coefficient (Wildman–Crippen LogP) is 0.386. The van der Waals surface area contributed by atoms with Crippen LogP contribution in [0.3, 0.4) is 0 Å². The molecule has 22 heavy (non-hydrogen) atoms. The minimum absolute atomic E-state index is 0.216. The number of hydrogen-bond donors (Lipinski definition) is 3. The van der Waals surface area contributed by atoms with Crippen molar-refractivity contribution in [2.75, 3.05) is 0 Å². The van der Waals surface area contributed by atoms with Crippen LogP contribution in [0.1, 0.15) is 22.0 Å². The Morgan fingerprint density at radius 3 is 2.95 bits per heavy atom. The highest BCUT2D eigenvalue weighted by Gasteiger charge is 2.10. The van der Waals surface area contributed by atoms with E-state index in [0.717, 1.165) is 0 Å². The van der Waals surface area contributed by atoms with Crippen molar-refractivity contribution >= 4 is 5.91 Å². The Labute approximate surface area is 123 Å². The number of hydrogen-bond acceptors (Lipinski definition) is 6. The van der Waals surface area contributed by atoms with Crippen LogP contribution in [-0.2, 0) is 6.54 Å². The summed E-state index contributed by atoms with van der Waals surface area (Å²) < 4.78 is 4.45. The number of aromatic nitrogens is 5. The van der Waals surface area contributed by atoms with E-state index < -0.39 is 5.76 Å². The second-order valence-electron chi connectivity index (χ2n) is 4.54. The summed E-state index contributed by atoms with van der Waals surface area (Å²) in [6.07, 6.45) is 0. The highest BCUT2D eigenvalue weighted by molar-refractivity contribution is 5.95. The second-order valence-corrected chi connectivity index (χ2v) is 4.54. The number of aromatic amines is 2. The van der Waals surface area contributed by atoms with Gasteiger partial charge in [-0.15, -0.1) is 0 Å². The largest absolute Gasteiger partial charge is 0.439 e. The number of H-pyrrole nitrogens is 2. The van der Waals surface area contributed by atoms with Gasteiger partial charge in [-0.2, -0.15) is 5.10 Å². The molecule has 0 saturated heterocycles. The number of amides is 1. The molecule has 3 N–H and O–H groups in total. The SMILES string of the molecule is Cc1nc(CNC(=O)c2cccc(-c3noc(=O)[nH]3)c2)n[nH]1. The first-order chi connectivity index (χ1) is 10.6. The summed E-state index contributed by atoms with van der Waals surface area (Å²) in [6.45, 7) is 1.99. The third kappa shape index (κ3) is 2.92. The predicted molar refractivity (Wildman–Crippen MR) is 74.8 cm³/mol. The average molecular weight is 300 g/mol. The van der Waals surface area contributed by atoms with E-state index in [2.05, 4.69) is 35.2 Å². The summed E-state index contributed by atoms with van der Waals surface area (Å²) in [4.78, 5) is 29.6. The zero-order chi connectivity index (χ0) is 15.5. The molecule has 0 radical (unpaired) electrons. The Kier molecular flexibility index (Phi) is 3.52. The van der Waals surface area contributed by atoms with Gasteiger partial charge >= 0.3 is 5.76 Å². The molecule has 0 saturated carbocycles. The summed E-state index contributed by atoms with van der Waals surface area (Å²) in [5.74, 6) is 0.522. The molecule has 0 bridgehead atoms. The highest BCUT2D eigenvalue weighted by Crippen LogP contribution is 2.15. The van der Waals surface area contributed by atoms with Crippen LogP contribution in [0, 0.1) is 6.92 Å². The molecule has 0 unspecified atom stereocenters. The zero-order valence-corrected chi connectivity index (χ0v) is 11.6. The molecule has 3 aromatic rings. The van der Waals surface area contributed by atoms with Crippen molar-refractivity contribution < 1.29 is 9.32 Å². The molecule has 0 aliphatic rings. The minimum atomic E-state index is -0.648. The maximum Gasteiger partial charge on any atom is 0.439 e. The van der Waals surface area contributed by atoms with Crippen LogP contribution in [0.25, 0.3) is 11.4 Å². The van der Waals surface area contributed by atoms with Crippen molar-refractivity contribution in [2.45, 2.75) is 13.5 Å². The zero-order valence-electron chi connectivity index (χ0n) is 11.6. The first-order valence-electron chi connectivity index (χ1n) is 6.44. The maximum absolute atomic E-state index is 12.1. The van der Waals surface area contributed by atoms with E-state index in [1.54, 1.807) is 31.2 Å². The van der Waals surface area contributed by atoms with Gasteiger partial charge in [0, 0.05) is 11.1 Å². The molecule has 0 atom stereocenters. The first kappa shape index (κ1) is 13.7. The van der Waals surface area contributed by atoms with Gasteiger partial charge in [0.15, 0.2) is 11.6 Å². The van der Waals surface area contributed by atoms with E-state index in [4.69, 9.17) is 0 Å². The van der Waals surface area contributed by atoms with E-state index in [1.807, 2.05) is 0 Å². The van der Waals surface area contributed by atoms with Gasteiger partial charge in [-0.1, -0.05) is 17.3 Å². The Morgan fingerprint density at radius 1 is 1.41 bits per heavy atom. The van der Waals surface area contributed by atoms with Crippen LogP contribution in [0.15, 0.2) is 33.6 Å². The first-order valence-corrected chi connectivity index (χ1v) is 6.44. The molecular formula is C13H12N6O3. The van der Waals surface area contributed by atoms with Gasteiger partial charge in [0.05, 0.1) is 6.54 Å². The number of benzene rings is 1. The number of nitrogens with zero attached hydrogens (tertiary/aromatic N) is 3. The van der Waals surface area contributed by atoms with Gasteiger partial charge in [-0.3, -0.25) is 19.4 Å². The van der Waals surface area contributed by atoms with Gasteiger partial charge in [-0.25, -0.2) is 9.78 Å². The Morgan fingerprint density at radius 2 is 2.27 bits per heavy atom. The molecule has 3 rings (SSSR count). The lowest BCUT2D eigenvalue weighted by atomic mass is 10.1. The summed E-state index contributed by atoms with van der Waals surface area (Å²) in [5.41, 5.74) is 1.00. The number of nitrogens with one attached hydrogen (secondary N) is 3. The molecule has 2 heterocycles. The Hall–Kier alpha value is -3.23.